The molecular formula is C21H32O5. The van der Waals surface area contributed by atoms with E-state index in [2.05, 4.69) is 19.9 Å². The number of carbonyl (C=O) groups excluding carboxylic acids is 2. The summed E-state index contributed by atoms with van der Waals surface area (Å²) in [6, 6.07) is 0. The molecule has 0 aromatic rings. The fraction of sp³-hybridized carbons (Fsp3) is 0.810. The average Bonchev–Trinajstić information content (AvgIpc) is 3.14. The Labute approximate surface area is 156 Å². The van der Waals surface area contributed by atoms with Crippen LogP contribution in [-0.2, 0) is 23.8 Å². The van der Waals surface area contributed by atoms with Crippen LogP contribution in [0.1, 0.15) is 52.9 Å². The van der Waals surface area contributed by atoms with E-state index in [0.29, 0.717) is 37.6 Å². The lowest BCUT2D eigenvalue weighted by Crippen LogP contribution is -2.40. The molecule has 0 aromatic heterocycles. The van der Waals surface area contributed by atoms with E-state index < -0.39 is 0 Å². The highest BCUT2D eigenvalue weighted by atomic mass is 16.7. The van der Waals surface area contributed by atoms with E-state index in [1.807, 2.05) is 6.92 Å². The van der Waals surface area contributed by atoms with Crippen molar-refractivity contribution in [2.24, 2.45) is 28.6 Å². The van der Waals surface area contributed by atoms with Crippen LogP contribution in [0.3, 0.4) is 0 Å². The van der Waals surface area contributed by atoms with Gasteiger partial charge in [0.1, 0.15) is 6.79 Å². The molecule has 5 heteroatoms. The lowest BCUT2D eigenvalue weighted by atomic mass is 9.62. The van der Waals surface area contributed by atoms with E-state index in [0.717, 1.165) is 25.7 Å². The van der Waals surface area contributed by atoms with Crippen molar-refractivity contribution in [2.75, 3.05) is 20.5 Å². The van der Waals surface area contributed by atoms with Crippen molar-refractivity contribution in [2.45, 2.75) is 59.0 Å². The number of fused-ring (bicyclic) bond motifs is 3. The molecule has 0 bridgehead atoms. The van der Waals surface area contributed by atoms with Crippen molar-refractivity contribution in [3.63, 3.8) is 0 Å². The smallest absolute Gasteiger partial charge is 0.305 e. The van der Waals surface area contributed by atoms with Gasteiger partial charge in [0.05, 0.1) is 12.7 Å². The van der Waals surface area contributed by atoms with Crippen molar-refractivity contribution < 1.29 is 23.8 Å². The molecule has 2 fully saturated rings. The van der Waals surface area contributed by atoms with Gasteiger partial charge in [-0.1, -0.05) is 19.9 Å². The third-order valence-corrected chi connectivity index (χ3v) is 7.42. The molecule has 3 rings (SSSR count). The van der Waals surface area contributed by atoms with Gasteiger partial charge >= 0.3 is 5.97 Å². The van der Waals surface area contributed by atoms with E-state index in [1.165, 1.54) is 0 Å². The second-order valence-corrected chi connectivity index (χ2v) is 8.40. The second kappa shape index (κ2) is 7.43. The Morgan fingerprint density at radius 1 is 1.38 bits per heavy atom. The predicted octanol–water partition coefficient (Wildman–Crippen LogP) is 3.52. The van der Waals surface area contributed by atoms with E-state index in [4.69, 9.17) is 14.2 Å². The summed E-state index contributed by atoms with van der Waals surface area (Å²) >= 11 is 0. The Hall–Kier alpha value is -1.20. The minimum absolute atomic E-state index is 0.119. The van der Waals surface area contributed by atoms with Gasteiger partial charge in [-0.3, -0.25) is 9.59 Å². The maximum Gasteiger partial charge on any atom is 0.305 e. The van der Waals surface area contributed by atoms with Gasteiger partial charge in [-0.25, -0.2) is 0 Å². The van der Waals surface area contributed by atoms with Crippen LogP contribution in [0.5, 0.6) is 0 Å². The zero-order chi connectivity index (χ0) is 18.9. The lowest BCUT2D eigenvalue weighted by molar-refractivity contribution is -0.143. The number of hydrogen-bond acceptors (Lipinski definition) is 5. The summed E-state index contributed by atoms with van der Waals surface area (Å²) in [5, 5.41) is 0. The van der Waals surface area contributed by atoms with Crippen LogP contribution in [0, 0.1) is 28.6 Å². The fourth-order valence-electron chi connectivity index (χ4n) is 5.95. The first-order valence-electron chi connectivity index (χ1n) is 9.89. The standard InChI is InChI=1S/C21H32O5/c1-5-25-19(23)7-6-9-21-10-8-18(22)20(21,3)16-11-17(26-13-24-4)14(2)15(16)12-21/h8,10,14-17H,5-7,9,11-13H2,1-4H3/t14-,15+,16-,17+,20-,21-/m1/s1. The van der Waals surface area contributed by atoms with Gasteiger partial charge in [0.2, 0.25) is 0 Å². The zero-order valence-electron chi connectivity index (χ0n) is 16.5. The summed E-state index contributed by atoms with van der Waals surface area (Å²) in [4.78, 5) is 24.6. The Bertz CT molecular complexity index is 585. The molecule has 0 heterocycles. The van der Waals surface area contributed by atoms with Crippen molar-refractivity contribution >= 4 is 11.8 Å². The highest BCUT2D eigenvalue weighted by Crippen LogP contribution is 2.70. The van der Waals surface area contributed by atoms with Gasteiger partial charge in [-0.15, -0.1) is 0 Å². The molecular weight excluding hydrogens is 332 g/mol. The molecule has 6 atom stereocenters. The van der Waals surface area contributed by atoms with Gasteiger partial charge in [-0.05, 0) is 56.4 Å². The van der Waals surface area contributed by atoms with Crippen LogP contribution in [0.2, 0.25) is 0 Å². The van der Waals surface area contributed by atoms with Crippen molar-refractivity contribution in [3.05, 3.63) is 12.2 Å². The molecule has 0 N–H and O–H groups in total. The van der Waals surface area contributed by atoms with Crippen LogP contribution < -0.4 is 0 Å². The normalized spacial score (nSPS) is 40.7. The first kappa shape index (κ1) is 19.6. The Balaban J connectivity index is 1.73. The average molecular weight is 364 g/mol. The molecule has 3 aliphatic carbocycles. The number of ether oxygens (including phenoxy) is 3. The van der Waals surface area contributed by atoms with E-state index in [-0.39, 0.29) is 28.7 Å². The maximum atomic E-state index is 12.9. The Kier molecular flexibility index (Phi) is 5.59. The van der Waals surface area contributed by atoms with Gasteiger partial charge < -0.3 is 14.2 Å². The van der Waals surface area contributed by atoms with Crippen LogP contribution in [0.4, 0.5) is 0 Å². The van der Waals surface area contributed by atoms with Crippen molar-refractivity contribution in [3.8, 4) is 0 Å². The highest BCUT2D eigenvalue weighted by molar-refractivity contribution is 5.99. The summed E-state index contributed by atoms with van der Waals surface area (Å²) in [6.07, 6.45) is 8.08. The lowest BCUT2D eigenvalue weighted by Gasteiger charge is -2.40. The first-order valence-corrected chi connectivity index (χ1v) is 9.89. The minimum atomic E-state index is -0.369. The SMILES string of the molecule is CCOC(=O)CCC[C@]12C=CC(=O)[C@@]1(C)[C@@H]1C[C@H](OCOC)[C@H](C)[C@@H]1C2. The second-order valence-electron chi connectivity index (χ2n) is 8.40. The monoisotopic (exact) mass is 364 g/mol. The molecule has 0 radical (unpaired) electrons. The number of hydrogen-bond donors (Lipinski definition) is 0. The van der Waals surface area contributed by atoms with Crippen LogP contribution in [-0.4, -0.2) is 38.4 Å². The Morgan fingerprint density at radius 2 is 2.15 bits per heavy atom. The van der Waals surface area contributed by atoms with Gasteiger partial charge in [0, 0.05) is 24.4 Å². The van der Waals surface area contributed by atoms with Gasteiger partial charge in [0.15, 0.2) is 5.78 Å². The quantitative estimate of drug-likeness (QED) is 0.487. The molecule has 0 saturated heterocycles. The molecule has 146 valence electrons. The largest absolute Gasteiger partial charge is 0.466 e. The summed E-state index contributed by atoms with van der Waals surface area (Å²) in [5.74, 6) is 1.35. The summed E-state index contributed by atoms with van der Waals surface area (Å²) in [7, 11) is 1.64. The number of allylic oxidation sites excluding steroid dienone is 2. The van der Waals surface area contributed by atoms with Crippen LogP contribution in [0.15, 0.2) is 12.2 Å². The van der Waals surface area contributed by atoms with E-state index in [9.17, 15) is 9.59 Å². The molecule has 0 amide bonds. The third kappa shape index (κ3) is 2.93. The summed E-state index contributed by atoms with van der Waals surface area (Å²) in [5.41, 5.74) is -0.488. The molecule has 5 nitrogen and oxygen atoms in total. The van der Waals surface area contributed by atoms with E-state index in [1.54, 1.807) is 13.2 Å². The number of esters is 1. The van der Waals surface area contributed by atoms with E-state index >= 15 is 0 Å². The minimum Gasteiger partial charge on any atom is -0.466 e. The molecule has 0 aliphatic heterocycles. The number of rotatable bonds is 8. The number of ketones is 1. The maximum absolute atomic E-state index is 12.9. The zero-order valence-corrected chi connectivity index (χ0v) is 16.5. The van der Waals surface area contributed by atoms with Crippen LogP contribution in [0.25, 0.3) is 0 Å². The molecule has 0 spiro atoms. The fourth-order valence-corrected chi connectivity index (χ4v) is 5.95. The van der Waals surface area contributed by atoms with Crippen molar-refractivity contribution in [1.82, 2.24) is 0 Å². The van der Waals surface area contributed by atoms with Crippen LogP contribution >= 0.6 is 0 Å². The van der Waals surface area contributed by atoms with Gasteiger partial charge in [0.25, 0.3) is 0 Å². The summed E-state index contributed by atoms with van der Waals surface area (Å²) in [6.45, 7) is 6.95. The van der Waals surface area contributed by atoms with Crippen molar-refractivity contribution in [1.29, 1.82) is 0 Å². The number of methoxy groups -OCH3 is 1. The topological polar surface area (TPSA) is 61.8 Å². The third-order valence-electron chi connectivity index (χ3n) is 7.42. The molecule has 0 unspecified atom stereocenters. The molecule has 2 saturated carbocycles. The van der Waals surface area contributed by atoms with Gasteiger partial charge in [-0.2, -0.15) is 0 Å². The first-order chi connectivity index (χ1) is 12.4. The highest BCUT2D eigenvalue weighted by Gasteiger charge is 2.68. The Morgan fingerprint density at radius 3 is 2.85 bits per heavy atom. The number of carbonyl (C=O) groups is 2. The predicted molar refractivity (Wildman–Crippen MR) is 97.3 cm³/mol. The molecule has 3 aliphatic rings. The summed E-state index contributed by atoms with van der Waals surface area (Å²) < 4.78 is 16.0. The molecule has 26 heavy (non-hydrogen) atoms. The molecule has 0 aromatic carbocycles.